The standard InChI is InChI=1S/C17H23N5O/c1-2-14-16(13-5-6-15(18)19-8-13)17(21-11-20-14)22-7-3-4-12(9-22)10-23/h5-6,8,11-12,23H,2-4,7,9-10H2,1H3,(H2,18,19). The summed E-state index contributed by atoms with van der Waals surface area (Å²) in [6.07, 6.45) is 6.37. The van der Waals surface area contributed by atoms with Gasteiger partial charge in [0.25, 0.3) is 0 Å². The van der Waals surface area contributed by atoms with Crippen LogP contribution in [0.5, 0.6) is 0 Å². The minimum Gasteiger partial charge on any atom is -0.396 e. The molecule has 0 saturated carbocycles. The number of nitrogens with two attached hydrogens (primary N) is 1. The van der Waals surface area contributed by atoms with E-state index in [0.29, 0.717) is 11.7 Å². The van der Waals surface area contributed by atoms with Gasteiger partial charge in [-0.2, -0.15) is 0 Å². The highest BCUT2D eigenvalue weighted by Crippen LogP contribution is 2.33. The van der Waals surface area contributed by atoms with Gasteiger partial charge in [-0.1, -0.05) is 6.92 Å². The Hall–Kier alpha value is -2.21. The maximum atomic E-state index is 9.49. The van der Waals surface area contributed by atoms with Crippen LogP contribution in [0.25, 0.3) is 11.1 Å². The second-order valence-corrected chi connectivity index (χ2v) is 5.98. The number of aryl methyl sites for hydroxylation is 1. The average molecular weight is 313 g/mol. The molecule has 1 saturated heterocycles. The van der Waals surface area contributed by atoms with Crippen LogP contribution in [0.15, 0.2) is 24.7 Å². The fraction of sp³-hybridized carbons (Fsp3) is 0.471. The third-order valence-corrected chi connectivity index (χ3v) is 4.39. The molecule has 1 unspecified atom stereocenters. The summed E-state index contributed by atoms with van der Waals surface area (Å²) in [5.41, 5.74) is 8.73. The van der Waals surface area contributed by atoms with E-state index in [0.717, 1.165) is 55.0 Å². The molecule has 6 nitrogen and oxygen atoms in total. The average Bonchev–Trinajstić information content (AvgIpc) is 2.62. The molecule has 0 radical (unpaired) electrons. The van der Waals surface area contributed by atoms with Crippen molar-refractivity contribution in [2.75, 3.05) is 30.3 Å². The summed E-state index contributed by atoms with van der Waals surface area (Å²) in [6.45, 7) is 4.09. The Morgan fingerprint density at radius 1 is 1.30 bits per heavy atom. The van der Waals surface area contributed by atoms with Crippen LogP contribution in [0.3, 0.4) is 0 Å². The zero-order valence-electron chi connectivity index (χ0n) is 13.4. The van der Waals surface area contributed by atoms with E-state index in [2.05, 4.69) is 26.8 Å². The van der Waals surface area contributed by atoms with Gasteiger partial charge in [-0.25, -0.2) is 15.0 Å². The lowest BCUT2D eigenvalue weighted by molar-refractivity contribution is 0.208. The van der Waals surface area contributed by atoms with Crippen LogP contribution in [0.1, 0.15) is 25.5 Å². The number of hydrogen-bond acceptors (Lipinski definition) is 6. The van der Waals surface area contributed by atoms with Gasteiger partial charge in [0, 0.05) is 37.0 Å². The van der Waals surface area contributed by atoms with Gasteiger partial charge in [-0.3, -0.25) is 0 Å². The number of piperidine rings is 1. The Morgan fingerprint density at radius 3 is 2.87 bits per heavy atom. The Labute approximate surface area is 136 Å². The second-order valence-electron chi connectivity index (χ2n) is 5.98. The molecule has 23 heavy (non-hydrogen) atoms. The zero-order valence-corrected chi connectivity index (χ0v) is 13.4. The quantitative estimate of drug-likeness (QED) is 0.896. The van der Waals surface area contributed by atoms with Crippen LogP contribution in [-0.2, 0) is 6.42 Å². The molecule has 1 atom stereocenters. The van der Waals surface area contributed by atoms with E-state index in [-0.39, 0.29) is 6.61 Å². The number of aromatic nitrogens is 3. The second kappa shape index (κ2) is 6.91. The van der Waals surface area contributed by atoms with Crippen molar-refractivity contribution < 1.29 is 5.11 Å². The molecule has 1 aliphatic rings. The number of aliphatic hydroxyl groups excluding tert-OH is 1. The highest BCUT2D eigenvalue weighted by atomic mass is 16.3. The number of rotatable bonds is 4. The van der Waals surface area contributed by atoms with Gasteiger partial charge < -0.3 is 15.7 Å². The summed E-state index contributed by atoms with van der Waals surface area (Å²) in [7, 11) is 0. The van der Waals surface area contributed by atoms with Gasteiger partial charge in [-0.05, 0) is 37.3 Å². The summed E-state index contributed by atoms with van der Waals surface area (Å²) in [5.74, 6) is 1.74. The van der Waals surface area contributed by atoms with E-state index in [4.69, 9.17) is 5.73 Å². The fourth-order valence-electron chi connectivity index (χ4n) is 3.17. The molecule has 1 aliphatic heterocycles. The zero-order chi connectivity index (χ0) is 16.2. The van der Waals surface area contributed by atoms with Gasteiger partial charge in [0.2, 0.25) is 0 Å². The molecular weight excluding hydrogens is 290 g/mol. The molecule has 122 valence electrons. The third kappa shape index (κ3) is 3.27. The van der Waals surface area contributed by atoms with Crippen molar-refractivity contribution in [1.29, 1.82) is 0 Å². The van der Waals surface area contributed by atoms with E-state index in [1.165, 1.54) is 0 Å². The smallest absolute Gasteiger partial charge is 0.140 e. The van der Waals surface area contributed by atoms with Crippen molar-refractivity contribution in [3.05, 3.63) is 30.4 Å². The first-order chi connectivity index (χ1) is 11.2. The molecule has 1 fully saturated rings. The van der Waals surface area contributed by atoms with Gasteiger partial charge in [0.05, 0.1) is 5.69 Å². The molecule has 3 N–H and O–H groups in total. The predicted molar refractivity (Wildman–Crippen MR) is 91.1 cm³/mol. The summed E-state index contributed by atoms with van der Waals surface area (Å²) >= 11 is 0. The lowest BCUT2D eigenvalue weighted by Crippen LogP contribution is -2.37. The van der Waals surface area contributed by atoms with Gasteiger partial charge >= 0.3 is 0 Å². The molecule has 3 heterocycles. The molecular formula is C17H23N5O. The molecule has 0 spiro atoms. The number of aliphatic hydroxyl groups is 1. The van der Waals surface area contributed by atoms with Crippen LogP contribution >= 0.6 is 0 Å². The molecule has 3 rings (SSSR count). The van der Waals surface area contributed by atoms with Gasteiger partial charge in [-0.15, -0.1) is 0 Å². The Balaban J connectivity index is 2.04. The van der Waals surface area contributed by atoms with Crippen molar-refractivity contribution in [2.24, 2.45) is 5.92 Å². The van der Waals surface area contributed by atoms with E-state index >= 15 is 0 Å². The number of nitrogens with zero attached hydrogens (tertiary/aromatic N) is 4. The predicted octanol–water partition coefficient (Wildman–Crippen LogP) is 1.89. The maximum Gasteiger partial charge on any atom is 0.140 e. The summed E-state index contributed by atoms with van der Waals surface area (Å²) in [6, 6.07) is 3.77. The number of pyridine rings is 1. The van der Waals surface area contributed by atoms with Crippen molar-refractivity contribution in [3.8, 4) is 11.1 Å². The van der Waals surface area contributed by atoms with E-state index in [1.54, 1.807) is 18.6 Å². The monoisotopic (exact) mass is 313 g/mol. The summed E-state index contributed by atoms with van der Waals surface area (Å²) in [5, 5.41) is 9.49. The molecule has 0 aromatic carbocycles. The fourth-order valence-corrected chi connectivity index (χ4v) is 3.17. The van der Waals surface area contributed by atoms with Gasteiger partial charge in [0.1, 0.15) is 18.0 Å². The summed E-state index contributed by atoms with van der Waals surface area (Å²) in [4.78, 5) is 15.5. The van der Waals surface area contributed by atoms with Crippen molar-refractivity contribution >= 4 is 11.6 Å². The van der Waals surface area contributed by atoms with Crippen molar-refractivity contribution in [3.63, 3.8) is 0 Å². The molecule has 0 aliphatic carbocycles. The Bertz CT molecular complexity index is 659. The van der Waals surface area contributed by atoms with Crippen LogP contribution < -0.4 is 10.6 Å². The molecule has 0 amide bonds. The van der Waals surface area contributed by atoms with Crippen LogP contribution in [0.2, 0.25) is 0 Å². The third-order valence-electron chi connectivity index (χ3n) is 4.39. The molecule has 2 aromatic rings. The lowest BCUT2D eigenvalue weighted by atomic mass is 9.97. The minimum atomic E-state index is 0.223. The maximum absolute atomic E-state index is 9.49. The van der Waals surface area contributed by atoms with E-state index in [9.17, 15) is 5.11 Å². The first-order valence-electron chi connectivity index (χ1n) is 8.14. The SMILES string of the molecule is CCc1ncnc(N2CCCC(CO)C2)c1-c1ccc(N)nc1. The topological polar surface area (TPSA) is 88.2 Å². The Morgan fingerprint density at radius 2 is 2.17 bits per heavy atom. The first-order valence-corrected chi connectivity index (χ1v) is 8.14. The molecule has 0 bridgehead atoms. The molecule has 2 aromatic heterocycles. The normalized spacial score (nSPS) is 18.2. The van der Waals surface area contributed by atoms with Gasteiger partial charge in [0.15, 0.2) is 0 Å². The van der Waals surface area contributed by atoms with Crippen LogP contribution in [-0.4, -0.2) is 39.8 Å². The van der Waals surface area contributed by atoms with Crippen LogP contribution in [0.4, 0.5) is 11.6 Å². The minimum absolute atomic E-state index is 0.223. The van der Waals surface area contributed by atoms with Crippen molar-refractivity contribution in [2.45, 2.75) is 26.2 Å². The lowest BCUT2D eigenvalue weighted by Gasteiger charge is -2.34. The number of nitrogen functional groups attached to an aromatic ring is 1. The Kier molecular flexibility index (Phi) is 4.71. The van der Waals surface area contributed by atoms with E-state index < -0.39 is 0 Å². The number of hydrogen-bond donors (Lipinski definition) is 2. The highest BCUT2D eigenvalue weighted by molar-refractivity contribution is 5.78. The van der Waals surface area contributed by atoms with E-state index in [1.807, 2.05) is 6.07 Å². The largest absolute Gasteiger partial charge is 0.396 e. The first kappa shape index (κ1) is 15.7. The highest BCUT2D eigenvalue weighted by Gasteiger charge is 2.24. The van der Waals surface area contributed by atoms with Crippen LogP contribution in [0, 0.1) is 5.92 Å². The molecule has 6 heteroatoms. The summed E-state index contributed by atoms with van der Waals surface area (Å²) < 4.78 is 0. The number of anilines is 2. The van der Waals surface area contributed by atoms with Crippen molar-refractivity contribution in [1.82, 2.24) is 15.0 Å².